The fourth-order valence-electron chi connectivity index (χ4n) is 1.14. The van der Waals surface area contributed by atoms with Crippen molar-refractivity contribution >= 4 is 0 Å². The molecule has 2 N–H and O–H groups in total. The first-order valence-electron chi connectivity index (χ1n) is 5.84. The van der Waals surface area contributed by atoms with Crippen LogP contribution < -0.4 is 10.6 Å². The number of ether oxygens (including phenoxy) is 1. The van der Waals surface area contributed by atoms with Gasteiger partial charge in [-0.3, -0.25) is 0 Å². The van der Waals surface area contributed by atoms with Gasteiger partial charge in [-0.25, -0.2) is 0 Å². The second-order valence-electron chi connectivity index (χ2n) is 3.12. The highest BCUT2D eigenvalue weighted by Crippen LogP contribution is 2.03. The van der Waals surface area contributed by atoms with Crippen LogP contribution in [0.15, 0.2) is 23.9 Å². The number of allylic oxidation sites excluding steroid dienone is 2. The maximum Gasteiger partial charge on any atom is 0.191 e. The maximum absolute atomic E-state index is 5.71. The molecule has 0 rings (SSSR count). The van der Waals surface area contributed by atoms with E-state index in [0.717, 1.165) is 37.7 Å². The monoisotopic (exact) mass is 212 g/mol. The molecule has 0 fully saturated rings. The van der Waals surface area contributed by atoms with Gasteiger partial charge in [0.2, 0.25) is 0 Å². The Labute approximate surface area is 93.6 Å². The summed E-state index contributed by atoms with van der Waals surface area (Å²) in [5.74, 6) is 1.67. The minimum Gasteiger partial charge on any atom is -0.426 e. The summed E-state index contributed by atoms with van der Waals surface area (Å²) in [5, 5.41) is 6.38. The van der Waals surface area contributed by atoms with Crippen molar-refractivity contribution < 1.29 is 4.74 Å². The quantitative estimate of drug-likeness (QED) is 0.607. The summed E-state index contributed by atoms with van der Waals surface area (Å²) in [6, 6.07) is 0. The Kier molecular flexibility index (Phi) is 8.73. The average Bonchev–Trinajstić information content (AvgIpc) is 2.19. The molecule has 0 saturated heterocycles. The van der Waals surface area contributed by atoms with E-state index in [1.807, 2.05) is 12.2 Å². The zero-order valence-electron chi connectivity index (χ0n) is 10.4. The Hall–Kier alpha value is -1.12. The van der Waals surface area contributed by atoms with Crippen LogP contribution in [-0.4, -0.2) is 13.1 Å². The first kappa shape index (κ1) is 13.9. The molecule has 0 aliphatic carbocycles. The first-order chi connectivity index (χ1) is 7.28. The van der Waals surface area contributed by atoms with Gasteiger partial charge < -0.3 is 15.4 Å². The van der Waals surface area contributed by atoms with Crippen LogP contribution in [-0.2, 0) is 4.74 Å². The van der Waals surface area contributed by atoms with Crippen molar-refractivity contribution in [3.05, 3.63) is 23.9 Å². The summed E-state index contributed by atoms with van der Waals surface area (Å²) in [6.07, 6.45) is 6.02. The lowest BCUT2D eigenvalue weighted by molar-refractivity contribution is 0.248. The molecular weight excluding hydrogens is 188 g/mol. The Bertz CT molecular complexity index is 188. The molecular formula is C12H24N2O. The van der Waals surface area contributed by atoms with E-state index in [-0.39, 0.29) is 0 Å². The fraction of sp³-hybridized carbons (Fsp3) is 0.667. The lowest BCUT2D eigenvalue weighted by Crippen LogP contribution is -2.21. The standard InChI is InChI=1S/C12H24N2O/c1-5-9-11(13-7-3)15-12(10-6-2)14-8-4/h9-10,13-14H,5-8H2,1-4H3/b11-9-,12-10-. The van der Waals surface area contributed by atoms with Gasteiger partial charge in [-0.2, -0.15) is 0 Å². The minimum atomic E-state index is 0.834. The molecule has 0 bridgehead atoms. The van der Waals surface area contributed by atoms with Crippen LogP contribution in [0.25, 0.3) is 0 Å². The molecule has 15 heavy (non-hydrogen) atoms. The lowest BCUT2D eigenvalue weighted by atomic mass is 10.4. The molecule has 0 saturated carbocycles. The van der Waals surface area contributed by atoms with E-state index in [0.29, 0.717) is 0 Å². The first-order valence-corrected chi connectivity index (χ1v) is 5.84. The number of hydrogen-bond donors (Lipinski definition) is 2. The predicted molar refractivity (Wildman–Crippen MR) is 65.2 cm³/mol. The Morgan fingerprint density at radius 3 is 1.53 bits per heavy atom. The van der Waals surface area contributed by atoms with Crippen LogP contribution in [0.2, 0.25) is 0 Å². The number of nitrogens with one attached hydrogen (secondary N) is 2. The molecule has 0 aromatic carbocycles. The number of hydrogen-bond acceptors (Lipinski definition) is 3. The van der Waals surface area contributed by atoms with E-state index in [9.17, 15) is 0 Å². The molecule has 88 valence electrons. The molecule has 0 aromatic rings. The van der Waals surface area contributed by atoms with Gasteiger partial charge in [0.05, 0.1) is 0 Å². The van der Waals surface area contributed by atoms with Crippen LogP contribution in [0.4, 0.5) is 0 Å². The zero-order chi connectivity index (χ0) is 11.5. The van der Waals surface area contributed by atoms with Crippen LogP contribution in [0.3, 0.4) is 0 Å². The largest absolute Gasteiger partial charge is 0.426 e. The van der Waals surface area contributed by atoms with Gasteiger partial charge in [0.25, 0.3) is 0 Å². The number of rotatable bonds is 8. The van der Waals surface area contributed by atoms with Crippen LogP contribution in [0, 0.1) is 0 Å². The Morgan fingerprint density at radius 1 is 0.867 bits per heavy atom. The normalized spacial score (nSPS) is 12.5. The third kappa shape index (κ3) is 6.89. The van der Waals surface area contributed by atoms with E-state index < -0.39 is 0 Å². The molecule has 3 nitrogen and oxygen atoms in total. The van der Waals surface area contributed by atoms with E-state index in [4.69, 9.17) is 4.74 Å². The Balaban J connectivity index is 4.32. The van der Waals surface area contributed by atoms with Crippen molar-refractivity contribution in [2.24, 2.45) is 0 Å². The van der Waals surface area contributed by atoms with Gasteiger partial charge in [0.1, 0.15) is 0 Å². The topological polar surface area (TPSA) is 33.3 Å². The lowest BCUT2D eigenvalue weighted by Gasteiger charge is -2.14. The van der Waals surface area contributed by atoms with Gasteiger partial charge in [0.15, 0.2) is 11.8 Å². The van der Waals surface area contributed by atoms with Crippen molar-refractivity contribution in [2.45, 2.75) is 40.5 Å². The molecule has 0 amide bonds. The van der Waals surface area contributed by atoms with Gasteiger partial charge in [-0.05, 0) is 38.8 Å². The highest BCUT2D eigenvalue weighted by Gasteiger charge is 2.00. The molecule has 0 unspecified atom stereocenters. The van der Waals surface area contributed by atoms with Crippen molar-refractivity contribution in [1.29, 1.82) is 0 Å². The summed E-state index contributed by atoms with van der Waals surface area (Å²) in [7, 11) is 0. The molecule has 0 aliphatic heterocycles. The van der Waals surface area contributed by atoms with E-state index in [1.54, 1.807) is 0 Å². The SMILES string of the molecule is CC/C=C(/NCC)O/C(=C\CC)NCC. The summed E-state index contributed by atoms with van der Waals surface area (Å²) in [4.78, 5) is 0. The predicted octanol–water partition coefficient (Wildman–Crippen LogP) is 2.72. The highest BCUT2D eigenvalue weighted by molar-refractivity contribution is 4.99. The second kappa shape index (κ2) is 9.44. The summed E-state index contributed by atoms with van der Waals surface area (Å²) >= 11 is 0. The molecule has 0 spiro atoms. The molecule has 3 heteroatoms. The third-order valence-corrected chi connectivity index (χ3v) is 1.70. The van der Waals surface area contributed by atoms with Crippen molar-refractivity contribution in [3.8, 4) is 0 Å². The smallest absolute Gasteiger partial charge is 0.191 e. The molecule has 0 atom stereocenters. The fourth-order valence-corrected chi connectivity index (χ4v) is 1.14. The van der Waals surface area contributed by atoms with Gasteiger partial charge in [-0.1, -0.05) is 13.8 Å². The molecule has 0 heterocycles. The summed E-state index contributed by atoms with van der Waals surface area (Å²) in [6.45, 7) is 10.1. The zero-order valence-corrected chi connectivity index (χ0v) is 10.4. The van der Waals surface area contributed by atoms with Crippen molar-refractivity contribution in [1.82, 2.24) is 10.6 Å². The van der Waals surface area contributed by atoms with E-state index in [1.165, 1.54) is 0 Å². The van der Waals surface area contributed by atoms with Crippen molar-refractivity contribution in [3.63, 3.8) is 0 Å². The van der Waals surface area contributed by atoms with Gasteiger partial charge in [-0.15, -0.1) is 0 Å². The third-order valence-electron chi connectivity index (χ3n) is 1.70. The van der Waals surface area contributed by atoms with Crippen molar-refractivity contribution in [2.75, 3.05) is 13.1 Å². The molecule has 0 aromatic heterocycles. The van der Waals surface area contributed by atoms with Gasteiger partial charge >= 0.3 is 0 Å². The summed E-state index contributed by atoms with van der Waals surface area (Å²) < 4.78 is 5.71. The van der Waals surface area contributed by atoms with Crippen LogP contribution in [0.1, 0.15) is 40.5 Å². The Morgan fingerprint density at radius 2 is 1.27 bits per heavy atom. The van der Waals surface area contributed by atoms with Crippen LogP contribution in [0.5, 0.6) is 0 Å². The van der Waals surface area contributed by atoms with E-state index in [2.05, 4.69) is 38.3 Å². The molecule has 0 radical (unpaired) electrons. The maximum atomic E-state index is 5.71. The average molecular weight is 212 g/mol. The summed E-state index contributed by atoms with van der Waals surface area (Å²) in [5.41, 5.74) is 0. The van der Waals surface area contributed by atoms with Crippen LogP contribution >= 0.6 is 0 Å². The highest BCUT2D eigenvalue weighted by atomic mass is 16.5. The minimum absolute atomic E-state index is 0.834. The van der Waals surface area contributed by atoms with Gasteiger partial charge in [0, 0.05) is 13.1 Å². The van der Waals surface area contributed by atoms with E-state index >= 15 is 0 Å². The molecule has 0 aliphatic rings. The second-order valence-corrected chi connectivity index (χ2v) is 3.12.